The number of benzene rings is 6. The van der Waals surface area contributed by atoms with Crippen LogP contribution in [0.15, 0.2) is 115 Å². The first kappa shape index (κ1) is 94.9. The molecule has 0 spiro atoms. The number of nitrogens with one attached hydrogen (secondary N) is 9. The van der Waals surface area contributed by atoms with Gasteiger partial charge < -0.3 is 153 Å². The van der Waals surface area contributed by atoms with Crippen molar-refractivity contribution in [2.75, 3.05) is 20.2 Å². The highest BCUT2D eigenvalue weighted by Gasteiger charge is 2.54. The molecule has 1 aromatic heterocycles. The van der Waals surface area contributed by atoms with Gasteiger partial charge in [-0.15, -0.1) is 11.3 Å². The average molecular weight is 1860 g/mol. The van der Waals surface area contributed by atoms with Crippen LogP contribution >= 0.6 is 46.1 Å². The third-order valence-electron chi connectivity index (χ3n) is 22.5. The third kappa shape index (κ3) is 20.9. The van der Waals surface area contributed by atoms with E-state index in [-0.39, 0.29) is 43.0 Å². The molecule has 39 nitrogen and oxygen atoms in total. The number of aliphatic carboxylic acids is 1. The monoisotopic (exact) mass is 1860 g/mol. The predicted molar refractivity (Wildman–Crippen MR) is 453 cm³/mol. The first-order valence-corrected chi connectivity index (χ1v) is 42.4. The molecule has 15 rings (SSSR count). The largest absolute Gasteiger partial charge is 0.508 e. The second kappa shape index (κ2) is 39.7. The number of halogens is 3. The van der Waals surface area contributed by atoms with Crippen molar-refractivity contribution in [2.24, 2.45) is 17.4 Å². The minimum absolute atomic E-state index is 0.133. The van der Waals surface area contributed by atoms with E-state index < -0.39 is 290 Å². The van der Waals surface area contributed by atoms with E-state index in [2.05, 4.69) is 47.9 Å². The summed E-state index contributed by atoms with van der Waals surface area (Å²) in [4.78, 5) is 135. The smallest absolute Gasteiger partial charge is 0.330 e. The molecule has 128 heavy (non-hydrogen) atoms. The van der Waals surface area contributed by atoms with Crippen LogP contribution < -0.4 is 73.5 Å². The van der Waals surface area contributed by atoms with Crippen molar-refractivity contribution in [3.05, 3.63) is 163 Å². The first-order valence-electron chi connectivity index (χ1n) is 40.4. The van der Waals surface area contributed by atoms with Crippen molar-refractivity contribution < 1.29 is 137 Å². The number of hydrogen-bond donors (Lipinski definition) is 22. The van der Waals surface area contributed by atoms with Crippen LogP contribution in [0.4, 0.5) is 0 Å². The first-order chi connectivity index (χ1) is 60.7. The number of nitrogens with two attached hydrogens (primary N) is 2. The molecular formula is C85H96Cl3N11O28S. The summed E-state index contributed by atoms with van der Waals surface area (Å²) in [6.45, 7) is 6.57. The van der Waals surface area contributed by atoms with E-state index in [9.17, 15) is 75.3 Å². The fourth-order valence-corrected chi connectivity index (χ4v) is 17.5. The van der Waals surface area contributed by atoms with Gasteiger partial charge in [-0.1, -0.05) is 79.0 Å². The number of primary amides is 1. The number of thiophene rings is 1. The molecule has 24 N–H and O–H groups in total. The van der Waals surface area contributed by atoms with Crippen LogP contribution in [-0.2, 0) is 73.4 Å². The molecule has 9 heterocycles. The maximum atomic E-state index is 16.5. The zero-order valence-corrected chi connectivity index (χ0v) is 72.1. The average Bonchev–Trinajstić information content (AvgIpc) is 0.817. The van der Waals surface area contributed by atoms with Gasteiger partial charge in [-0.3, -0.25) is 38.4 Å². The van der Waals surface area contributed by atoms with E-state index in [0.717, 1.165) is 89.0 Å². The molecule has 0 saturated carbocycles. The van der Waals surface area contributed by atoms with E-state index in [1.165, 1.54) is 44.4 Å². The molecule has 8 aliphatic rings. The number of ether oxygens (including phenoxy) is 8. The number of aromatic hydroxyl groups is 3. The predicted octanol–water partition coefficient (Wildman–Crippen LogP) is 2.25. The number of phenolic OH excluding ortho intramolecular Hbond substituents is 3. The van der Waals surface area contributed by atoms with Crippen LogP contribution in [0.25, 0.3) is 21.6 Å². The molecule has 0 aliphatic carbocycles. The molecule has 43 heteroatoms. The molecule has 3 saturated heterocycles. The zero-order valence-electron chi connectivity index (χ0n) is 69.0. The van der Waals surface area contributed by atoms with Gasteiger partial charge in [0.05, 0.1) is 41.3 Å². The highest BCUT2D eigenvalue weighted by atomic mass is 35.5. The maximum Gasteiger partial charge on any atom is 0.330 e. The molecule has 23 atom stereocenters. The number of hydrogen-bond acceptors (Lipinski definition) is 31. The zero-order chi connectivity index (χ0) is 92.5. The lowest BCUT2D eigenvalue weighted by Crippen LogP contribution is -2.68. The number of likely N-dealkylation sites (N-methyl/N-ethyl adjacent to an activating group) is 1. The van der Waals surface area contributed by atoms with Gasteiger partial charge in [0.2, 0.25) is 59.3 Å². The van der Waals surface area contributed by atoms with Crippen molar-refractivity contribution >= 4 is 99.4 Å². The van der Waals surface area contributed by atoms with Crippen LogP contribution in [0.2, 0.25) is 15.1 Å². The molecule has 8 amide bonds. The van der Waals surface area contributed by atoms with Crippen LogP contribution in [0.5, 0.6) is 46.0 Å². The normalized spacial score (nSPS) is 29.3. The molecule has 1 unspecified atom stereocenters. The third-order valence-corrected chi connectivity index (χ3v) is 24.5. The van der Waals surface area contributed by atoms with Crippen LogP contribution in [-0.4, -0.2) is 239 Å². The van der Waals surface area contributed by atoms with Crippen molar-refractivity contribution in [2.45, 2.75) is 200 Å². The minimum atomic E-state index is -2.43. The Hall–Kier alpha value is -10.7. The van der Waals surface area contributed by atoms with Crippen molar-refractivity contribution in [1.29, 1.82) is 0 Å². The fraction of sp³-hybridized carbons (Fsp3) is 0.424. The summed E-state index contributed by atoms with van der Waals surface area (Å²) in [5.41, 5.74) is 8.90. The SMILES string of the molecule is CN[C@H](CC(C)C)C(=O)NC1C(=O)N[C@@H](CC(N)=O)C(=O)N[C@H]2C(=O)N[C@H]3C(=O)N[C@H](C(=O)N[C@@H](C(=O)O)c4cc(O)cc(O)c4-c4cc3ccc4O)[C@H](O[C@H]3C[C@](C)(N)[C@@H](O)[C@H](C)O3)c3ccc(c(Cl)c3)Oc3cc2cc(c3O[C@@H]2O[C@H](CO)[C@@H](O[C@@H]3O[C@H](CNCc4ccc(-c5ccc(Cl)cc5)s4)[C@H](O)[C@H](O)[C@H]3NC(C)=O)[C@H](O)[C@H]2O)Oc2ccc(cc2Cl)[C@H]1O. The van der Waals surface area contributed by atoms with Gasteiger partial charge in [-0.05, 0) is 140 Å². The van der Waals surface area contributed by atoms with Gasteiger partial charge in [-0.2, -0.15) is 0 Å². The number of phenols is 3. The Balaban J connectivity index is 0.974. The molecule has 0 radical (unpaired) electrons. The molecule has 11 bridgehead atoms. The molecule has 7 aromatic rings. The Bertz CT molecular complexity index is 5370. The Morgan fingerprint density at radius 3 is 1.94 bits per heavy atom. The Morgan fingerprint density at radius 2 is 1.30 bits per heavy atom. The lowest BCUT2D eigenvalue weighted by Gasteiger charge is -2.47. The number of carbonyl (C=O) groups is 9. The van der Waals surface area contributed by atoms with E-state index in [0.29, 0.717) is 5.02 Å². The molecule has 686 valence electrons. The number of rotatable bonds is 21. The van der Waals surface area contributed by atoms with Crippen molar-refractivity contribution in [3.8, 4) is 67.6 Å². The van der Waals surface area contributed by atoms with E-state index >= 15 is 24.0 Å². The summed E-state index contributed by atoms with van der Waals surface area (Å²) >= 11 is 22.1. The summed E-state index contributed by atoms with van der Waals surface area (Å²) in [5.74, 6) is -17.5. The molecule has 8 aliphatic heterocycles. The Kier molecular flexibility index (Phi) is 29.5. The number of aliphatic hydroxyl groups is 7. The van der Waals surface area contributed by atoms with Gasteiger partial charge in [-0.25, -0.2) is 4.79 Å². The Morgan fingerprint density at radius 1 is 0.664 bits per heavy atom. The number of carbonyl (C=O) groups excluding carboxylic acids is 8. The van der Waals surface area contributed by atoms with Crippen molar-refractivity contribution in [3.63, 3.8) is 0 Å². The summed E-state index contributed by atoms with van der Waals surface area (Å²) in [5, 5.41) is 152. The molecular weight excluding hydrogens is 1760 g/mol. The lowest BCUT2D eigenvalue weighted by atomic mass is 9.86. The number of amides is 8. The number of carboxylic acids is 1. The number of carboxylic acid groups (broad SMARTS) is 1. The van der Waals surface area contributed by atoms with Crippen molar-refractivity contribution in [1.82, 2.24) is 47.9 Å². The summed E-state index contributed by atoms with van der Waals surface area (Å²) in [6, 6.07) is 8.34. The van der Waals surface area contributed by atoms with Crippen LogP contribution in [0.3, 0.4) is 0 Å². The summed E-state index contributed by atoms with van der Waals surface area (Å²) in [7, 11) is 1.46. The van der Waals surface area contributed by atoms with Gasteiger partial charge in [0, 0.05) is 69.5 Å². The maximum absolute atomic E-state index is 16.5. The highest BCUT2D eigenvalue weighted by Crippen LogP contribution is 2.51. The van der Waals surface area contributed by atoms with E-state index in [4.69, 9.17) is 84.2 Å². The fourth-order valence-electron chi connectivity index (χ4n) is 16.0. The standard InChI is InChI=1S/C85H96Cl3N11O28S/c1-32(2)19-47(91-6)76(112)98-64-67(106)37-10-16-51(45(87)21-37)121-53-23-39-24-54(73(53)126-84-71(110)70(109)74(56(31-100)124-84)127-83-65(93-34(4)101)69(108)68(107)55(123-83)30-92-29-42-14-18-57(128-42)35-7-12-40(86)13-8-35)122-52-17-11-38(22-46(52)88)72(125-59-28-85(5,90)75(111)33(3)120-59)66-81(117)97-63(82(118)119)44-25-41(102)26-50(104)60(44)43-20-36(9-15-49(43)103)61(78(114)99-66)96-79(115)62(39)95-77(113)48(27-58(89)105)94-80(64)116/h7-18,20-26,32-33,47-48,55-56,59,61-72,74-75,83-84,91-92,100,102-104,106-111H,19,27-31,90H2,1-6H3,(H2,89,105)(H,93,101)(H,94,116)(H,95,113)(H,96,115)(H,97,117)(H,98,112)(H,99,114)(H,118,119)/t33-,47+,48-,55+,56+,59-,61+,62+,63+,64?,65+,66-,67+,68-,69+,70+,71+,72+,74+,75-,83-,84-,85-/m0/s1. The van der Waals surface area contributed by atoms with Crippen LogP contribution in [0.1, 0.15) is 117 Å². The number of aliphatic hydroxyl groups excluding tert-OH is 7. The van der Waals surface area contributed by atoms with E-state index in [1.807, 2.05) is 24.3 Å². The second-order valence-electron chi connectivity index (χ2n) is 32.5. The summed E-state index contributed by atoms with van der Waals surface area (Å²) < 4.78 is 51.9. The highest BCUT2D eigenvalue weighted by molar-refractivity contribution is 7.15. The topological polar surface area (TPSA) is 610 Å². The van der Waals surface area contributed by atoms with Gasteiger partial charge in [0.1, 0.15) is 120 Å². The van der Waals surface area contributed by atoms with Gasteiger partial charge in [0.25, 0.3) is 0 Å². The minimum Gasteiger partial charge on any atom is -0.508 e. The Labute approximate surface area is 748 Å². The second-order valence-corrected chi connectivity index (χ2v) is 34.9. The van der Waals surface area contributed by atoms with Gasteiger partial charge >= 0.3 is 5.97 Å². The van der Waals surface area contributed by atoms with E-state index in [1.54, 1.807) is 26.0 Å². The van der Waals surface area contributed by atoms with Crippen LogP contribution in [0, 0.1) is 5.92 Å². The van der Waals surface area contributed by atoms with Gasteiger partial charge in [0.15, 0.2) is 30.1 Å². The lowest BCUT2D eigenvalue weighted by molar-refractivity contribution is -0.335. The summed E-state index contributed by atoms with van der Waals surface area (Å²) in [6.07, 6.45) is -26.8. The quantitative estimate of drug-likeness (QED) is 0.0490. The molecule has 3 fully saturated rings. The number of fused-ring (bicyclic) bond motifs is 15. The molecule has 6 aromatic carbocycles.